The molecule has 0 unspecified atom stereocenters. The third-order valence-electron chi connectivity index (χ3n) is 1.60. The summed E-state index contributed by atoms with van der Waals surface area (Å²) in [5.74, 6) is -1.07. The molecule has 4 N–H and O–H groups in total. The van der Waals surface area contributed by atoms with E-state index in [0.29, 0.717) is 0 Å². The number of nitrogens with one attached hydrogen (secondary N) is 2. The van der Waals surface area contributed by atoms with Crippen molar-refractivity contribution in [2.45, 2.75) is 12.6 Å². The number of carbonyl (C=O) groups excluding carboxylic acids is 1. The zero-order valence-electron chi connectivity index (χ0n) is 8.08. The van der Waals surface area contributed by atoms with Crippen LogP contribution in [0.2, 0.25) is 0 Å². The minimum Gasteiger partial charge on any atom is -0.480 e. The summed E-state index contributed by atoms with van der Waals surface area (Å²) in [6, 6.07) is -2.09. The summed E-state index contributed by atoms with van der Waals surface area (Å²) in [5, 5.41) is 24.9. The molecule has 0 saturated heterocycles. The minimum atomic E-state index is -1.34. The first-order chi connectivity index (χ1) is 7.63. The Labute approximate surface area is 89.5 Å². The van der Waals surface area contributed by atoms with Crippen LogP contribution in [0, 0.1) is 0 Å². The number of carboxylic acids is 1. The number of carboxylic acid groups (broad SMARTS) is 1. The zero-order chi connectivity index (χ0) is 12.0. The van der Waals surface area contributed by atoms with Gasteiger partial charge in [-0.2, -0.15) is 4.98 Å². The maximum Gasteiger partial charge on any atom is 0.328 e. The van der Waals surface area contributed by atoms with E-state index in [4.69, 9.17) is 10.2 Å². The lowest BCUT2D eigenvalue weighted by Gasteiger charge is -2.11. The topological polar surface area (TPSA) is 138 Å². The molecule has 0 radical (unpaired) electrons. The highest BCUT2D eigenvalue weighted by molar-refractivity contribution is 5.82. The highest BCUT2D eigenvalue weighted by atomic mass is 16.5. The first-order valence-corrected chi connectivity index (χ1v) is 4.26. The first-order valence-electron chi connectivity index (χ1n) is 4.26. The van der Waals surface area contributed by atoms with Gasteiger partial charge < -0.3 is 25.4 Å². The van der Waals surface area contributed by atoms with Crippen molar-refractivity contribution in [3.63, 3.8) is 0 Å². The maximum atomic E-state index is 11.1. The van der Waals surface area contributed by atoms with E-state index in [-0.39, 0.29) is 12.4 Å². The normalized spacial score (nSPS) is 11.8. The fraction of sp³-hybridized carbons (Fsp3) is 0.429. The molecule has 88 valence electrons. The number of aliphatic hydroxyl groups excluding tert-OH is 1. The van der Waals surface area contributed by atoms with Gasteiger partial charge in [-0.3, -0.25) is 0 Å². The molecule has 2 amide bonds. The van der Waals surface area contributed by atoms with E-state index in [0.717, 1.165) is 6.39 Å². The SMILES string of the molecule is O=C(NCc1ncon1)N[C@H](CO)C(=O)O. The molecular weight excluding hydrogens is 220 g/mol. The largest absolute Gasteiger partial charge is 0.480 e. The lowest BCUT2D eigenvalue weighted by atomic mass is 10.3. The Kier molecular flexibility index (Phi) is 4.21. The van der Waals surface area contributed by atoms with Crippen LogP contribution in [0.1, 0.15) is 5.82 Å². The van der Waals surface area contributed by atoms with E-state index in [2.05, 4.69) is 20.0 Å². The second-order valence-corrected chi connectivity index (χ2v) is 2.75. The van der Waals surface area contributed by atoms with Crippen molar-refractivity contribution in [3.8, 4) is 0 Å². The van der Waals surface area contributed by atoms with E-state index >= 15 is 0 Å². The first kappa shape index (κ1) is 11.9. The van der Waals surface area contributed by atoms with Crippen molar-refractivity contribution in [1.82, 2.24) is 20.8 Å². The Bertz CT molecular complexity index is 352. The predicted molar refractivity (Wildman–Crippen MR) is 48.2 cm³/mol. The van der Waals surface area contributed by atoms with Crippen molar-refractivity contribution >= 4 is 12.0 Å². The number of aromatic nitrogens is 2. The van der Waals surface area contributed by atoms with Gasteiger partial charge in [-0.1, -0.05) is 5.16 Å². The predicted octanol–water partition coefficient (Wildman–Crippen LogP) is -1.69. The Morgan fingerprint density at radius 3 is 2.81 bits per heavy atom. The molecule has 16 heavy (non-hydrogen) atoms. The fourth-order valence-electron chi connectivity index (χ4n) is 0.824. The fourth-order valence-corrected chi connectivity index (χ4v) is 0.824. The van der Waals surface area contributed by atoms with Gasteiger partial charge in [-0.15, -0.1) is 0 Å². The van der Waals surface area contributed by atoms with Crippen LogP contribution in [0.15, 0.2) is 10.9 Å². The number of carbonyl (C=O) groups is 2. The summed E-state index contributed by atoms with van der Waals surface area (Å²) in [5.41, 5.74) is 0. The molecule has 0 bridgehead atoms. The average molecular weight is 230 g/mol. The van der Waals surface area contributed by atoms with Crippen molar-refractivity contribution in [2.24, 2.45) is 0 Å². The van der Waals surface area contributed by atoms with E-state index in [1.54, 1.807) is 0 Å². The van der Waals surface area contributed by atoms with Crippen molar-refractivity contribution < 1.29 is 24.3 Å². The summed E-state index contributed by atoms with van der Waals surface area (Å²) in [6.45, 7) is -0.689. The number of aliphatic carboxylic acids is 1. The summed E-state index contributed by atoms with van der Waals surface area (Å²) >= 11 is 0. The van der Waals surface area contributed by atoms with Crippen LogP contribution >= 0.6 is 0 Å². The van der Waals surface area contributed by atoms with Crippen molar-refractivity contribution in [3.05, 3.63) is 12.2 Å². The Hall–Kier alpha value is -2.16. The Balaban J connectivity index is 2.33. The third kappa shape index (κ3) is 3.53. The van der Waals surface area contributed by atoms with Gasteiger partial charge in [0.05, 0.1) is 13.2 Å². The third-order valence-corrected chi connectivity index (χ3v) is 1.60. The van der Waals surface area contributed by atoms with Gasteiger partial charge in [0.2, 0.25) is 6.39 Å². The zero-order valence-corrected chi connectivity index (χ0v) is 8.08. The summed E-state index contributed by atoms with van der Waals surface area (Å²) in [6.07, 6.45) is 1.10. The quantitative estimate of drug-likeness (QED) is 0.473. The lowest BCUT2D eigenvalue weighted by molar-refractivity contribution is -0.140. The van der Waals surface area contributed by atoms with Crippen molar-refractivity contribution in [2.75, 3.05) is 6.61 Å². The van der Waals surface area contributed by atoms with Crippen LogP contribution in [-0.4, -0.2) is 45.0 Å². The van der Waals surface area contributed by atoms with Crippen LogP contribution in [0.5, 0.6) is 0 Å². The Morgan fingerprint density at radius 2 is 2.31 bits per heavy atom. The lowest BCUT2D eigenvalue weighted by Crippen LogP contribution is -2.47. The molecule has 1 aromatic heterocycles. The van der Waals surface area contributed by atoms with Crippen LogP contribution in [0.25, 0.3) is 0 Å². The van der Waals surface area contributed by atoms with Gasteiger partial charge in [0.15, 0.2) is 11.9 Å². The monoisotopic (exact) mass is 230 g/mol. The molecule has 0 fully saturated rings. The van der Waals surface area contributed by atoms with Crippen LogP contribution in [0.3, 0.4) is 0 Å². The number of nitrogens with zero attached hydrogens (tertiary/aromatic N) is 2. The van der Waals surface area contributed by atoms with Gasteiger partial charge in [0.25, 0.3) is 0 Å². The molecule has 0 aliphatic rings. The van der Waals surface area contributed by atoms with Crippen LogP contribution < -0.4 is 10.6 Å². The number of aliphatic hydroxyl groups is 1. The molecule has 1 aromatic rings. The molecule has 0 saturated carbocycles. The molecule has 1 heterocycles. The van der Waals surface area contributed by atoms with Crippen LogP contribution in [0.4, 0.5) is 4.79 Å². The number of amides is 2. The molecule has 0 aromatic carbocycles. The van der Waals surface area contributed by atoms with Gasteiger partial charge in [0, 0.05) is 0 Å². The van der Waals surface area contributed by atoms with E-state index in [1.807, 2.05) is 5.32 Å². The molecule has 9 heteroatoms. The van der Waals surface area contributed by atoms with Crippen LogP contribution in [-0.2, 0) is 11.3 Å². The number of hydrogen-bond acceptors (Lipinski definition) is 6. The summed E-state index contributed by atoms with van der Waals surface area (Å²) in [4.78, 5) is 25.2. The highest BCUT2D eigenvalue weighted by Crippen LogP contribution is 1.87. The van der Waals surface area contributed by atoms with Gasteiger partial charge in [-0.25, -0.2) is 9.59 Å². The molecule has 0 aliphatic heterocycles. The Morgan fingerprint density at radius 1 is 1.56 bits per heavy atom. The van der Waals surface area contributed by atoms with Gasteiger partial charge in [-0.05, 0) is 0 Å². The smallest absolute Gasteiger partial charge is 0.328 e. The second kappa shape index (κ2) is 5.66. The maximum absolute atomic E-state index is 11.1. The second-order valence-electron chi connectivity index (χ2n) is 2.75. The standard InChI is InChI=1S/C7H10N4O5/c12-2-4(6(13)14)10-7(15)8-1-5-9-3-16-11-5/h3-4,12H,1-2H2,(H,13,14)(H2,8,10,15)/t4-/m1/s1. The molecule has 1 rings (SSSR count). The average Bonchev–Trinajstić information content (AvgIpc) is 2.75. The highest BCUT2D eigenvalue weighted by Gasteiger charge is 2.18. The number of rotatable bonds is 5. The number of urea groups is 1. The van der Waals surface area contributed by atoms with Crippen molar-refractivity contribution in [1.29, 1.82) is 0 Å². The van der Waals surface area contributed by atoms with E-state index in [9.17, 15) is 9.59 Å². The number of hydrogen-bond donors (Lipinski definition) is 4. The van der Waals surface area contributed by atoms with E-state index in [1.165, 1.54) is 0 Å². The molecule has 0 spiro atoms. The molecule has 1 atom stereocenters. The van der Waals surface area contributed by atoms with Gasteiger partial charge >= 0.3 is 12.0 Å². The molecular formula is C7H10N4O5. The van der Waals surface area contributed by atoms with Gasteiger partial charge in [0.1, 0.15) is 0 Å². The molecule has 0 aliphatic carbocycles. The van der Waals surface area contributed by atoms with E-state index < -0.39 is 24.6 Å². The summed E-state index contributed by atoms with van der Waals surface area (Å²) < 4.78 is 4.42. The molecule has 9 nitrogen and oxygen atoms in total. The minimum absolute atomic E-state index is 0.000100. The summed E-state index contributed by atoms with van der Waals surface area (Å²) in [7, 11) is 0.